The number of urea groups is 1. The molecule has 0 saturated carbocycles. The van der Waals surface area contributed by atoms with Crippen molar-refractivity contribution >= 4 is 11.8 Å². The zero-order valence-electron chi connectivity index (χ0n) is 17.2. The van der Waals surface area contributed by atoms with Gasteiger partial charge in [0.1, 0.15) is 5.82 Å². The molecule has 0 aliphatic carbocycles. The van der Waals surface area contributed by atoms with Gasteiger partial charge in [-0.3, -0.25) is 4.90 Å². The number of rotatable bonds is 4. The summed E-state index contributed by atoms with van der Waals surface area (Å²) in [6.45, 7) is 3.98. The smallest absolute Gasteiger partial charge is 0.413 e. The van der Waals surface area contributed by atoms with Gasteiger partial charge in [-0.05, 0) is 36.8 Å². The van der Waals surface area contributed by atoms with E-state index in [1.54, 1.807) is 40.1 Å². The highest BCUT2D eigenvalue weighted by Gasteiger charge is 2.38. The van der Waals surface area contributed by atoms with Gasteiger partial charge in [-0.25, -0.2) is 9.78 Å². The summed E-state index contributed by atoms with van der Waals surface area (Å²) in [5.41, 5.74) is 1.88. The fourth-order valence-electron chi connectivity index (χ4n) is 3.24. The summed E-state index contributed by atoms with van der Waals surface area (Å²) in [5, 5.41) is 6.50. The first-order valence-corrected chi connectivity index (χ1v) is 9.89. The van der Waals surface area contributed by atoms with Crippen molar-refractivity contribution in [3.8, 4) is 11.5 Å². The summed E-state index contributed by atoms with van der Waals surface area (Å²) in [6, 6.07) is 11.8. The van der Waals surface area contributed by atoms with Crippen LogP contribution in [0.25, 0.3) is 11.5 Å². The maximum atomic E-state index is 13.2. The van der Waals surface area contributed by atoms with Gasteiger partial charge in [-0.2, -0.15) is 13.2 Å². The number of carbonyl (C=O) groups is 1. The van der Waals surface area contributed by atoms with Crippen LogP contribution in [0.15, 0.2) is 46.9 Å². The number of hydrogen-bond acceptors (Lipinski definition) is 6. The summed E-state index contributed by atoms with van der Waals surface area (Å²) in [4.78, 5) is 21.0. The zero-order valence-corrected chi connectivity index (χ0v) is 17.2. The lowest BCUT2D eigenvalue weighted by atomic mass is 10.1. The molecule has 3 aromatic rings. The highest BCUT2D eigenvalue weighted by molar-refractivity contribution is 5.91. The van der Waals surface area contributed by atoms with Crippen molar-refractivity contribution in [2.24, 2.45) is 0 Å². The lowest BCUT2D eigenvalue weighted by molar-refractivity contribution is -0.156. The van der Waals surface area contributed by atoms with Crippen molar-refractivity contribution < 1.29 is 27.1 Å². The number of amides is 2. The van der Waals surface area contributed by atoms with Crippen LogP contribution >= 0.6 is 0 Å². The van der Waals surface area contributed by atoms with E-state index in [9.17, 15) is 18.0 Å². The van der Waals surface area contributed by atoms with Gasteiger partial charge in [-0.1, -0.05) is 18.2 Å². The predicted octanol–water partition coefficient (Wildman–Crippen LogP) is 3.92. The zero-order chi connectivity index (χ0) is 22.7. The molecule has 0 bridgehead atoms. The third kappa shape index (κ3) is 4.88. The number of benzene rings is 1. The molecular formula is C21H20F3N5O3. The number of halogens is 3. The van der Waals surface area contributed by atoms with Crippen LogP contribution in [-0.4, -0.2) is 52.4 Å². The Morgan fingerprint density at radius 1 is 1.09 bits per heavy atom. The second kappa shape index (κ2) is 8.95. The van der Waals surface area contributed by atoms with Crippen molar-refractivity contribution in [1.82, 2.24) is 20.1 Å². The first-order valence-electron chi connectivity index (χ1n) is 9.89. The van der Waals surface area contributed by atoms with Crippen molar-refractivity contribution in [2.45, 2.75) is 19.6 Å². The SMILES string of the molecule is Cc1cccc(N(Cc2ccc(-c3nnc(C(F)(F)F)o3)cc2)C(=O)N2CCOCC2)n1. The average Bonchev–Trinajstić information content (AvgIpc) is 3.29. The fraction of sp³-hybridized carbons (Fsp3) is 0.333. The topological polar surface area (TPSA) is 84.6 Å². The molecule has 4 rings (SSSR count). The molecule has 0 N–H and O–H groups in total. The minimum Gasteiger partial charge on any atom is -0.413 e. The summed E-state index contributed by atoms with van der Waals surface area (Å²) in [7, 11) is 0. The summed E-state index contributed by atoms with van der Waals surface area (Å²) in [6.07, 6.45) is -4.70. The Hall–Kier alpha value is -3.47. The monoisotopic (exact) mass is 447 g/mol. The van der Waals surface area contributed by atoms with Crippen LogP contribution in [0.1, 0.15) is 17.1 Å². The van der Waals surface area contributed by atoms with E-state index in [0.717, 1.165) is 11.3 Å². The number of anilines is 1. The Labute approximate surface area is 181 Å². The Morgan fingerprint density at radius 3 is 2.44 bits per heavy atom. The highest BCUT2D eigenvalue weighted by atomic mass is 19.4. The lowest BCUT2D eigenvalue weighted by Gasteiger charge is -2.32. The molecule has 32 heavy (non-hydrogen) atoms. The molecule has 1 aliphatic heterocycles. The molecule has 0 atom stereocenters. The Kier molecular flexibility index (Phi) is 6.08. The third-order valence-electron chi connectivity index (χ3n) is 4.87. The van der Waals surface area contributed by atoms with E-state index in [2.05, 4.69) is 15.2 Å². The molecule has 1 aliphatic rings. The van der Waals surface area contributed by atoms with E-state index < -0.39 is 12.1 Å². The molecule has 0 unspecified atom stereocenters. The van der Waals surface area contributed by atoms with E-state index in [4.69, 9.17) is 9.15 Å². The van der Waals surface area contributed by atoms with E-state index in [1.807, 2.05) is 19.1 Å². The van der Waals surface area contributed by atoms with Crippen LogP contribution in [0.2, 0.25) is 0 Å². The van der Waals surface area contributed by atoms with Gasteiger partial charge in [0.05, 0.1) is 19.8 Å². The Morgan fingerprint density at radius 2 is 1.81 bits per heavy atom. The van der Waals surface area contributed by atoms with E-state index in [1.165, 1.54) is 0 Å². The molecule has 2 aromatic heterocycles. The maximum absolute atomic E-state index is 13.2. The molecule has 8 nitrogen and oxygen atoms in total. The van der Waals surface area contributed by atoms with Crippen molar-refractivity contribution in [3.05, 3.63) is 59.6 Å². The second-order valence-electron chi connectivity index (χ2n) is 7.21. The van der Waals surface area contributed by atoms with Gasteiger partial charge in [0.15, 0.2) is 0 Å². The summed E-state index contributed by atoms with van der Waals surface area (Å²) < 4.78 is 48.1. The van der Waals surface area contributed by atoms with Gasteiger partial charge in [0, 0.05) is 24.3 Å². The van der Waals surface area contributed by atoms with Crippen LogP contribution in [-0.2, 0) is 17.5 Å². The van der Waals surface area contributed by atoms with Crippen molar-refractivity contribution in [3.63, 3.8) is 0 Å². The van der Waals surface area contributed by atoms with E-state index in [0.29, 0.717) is 37.7 Å². The molecule has 0 radical (unpaired) electrons. The summed E-state index contributed by atoms with van der Waals surface area (Å²) >= 11 is 0. The highest BCUT2D eigenvalue weighted by Crippen LogP contribution is 2.30. The molecule has 2 amide bonds. The Bertz CT molecular complexity index is 1080. The van der Waals surface area contributed by atoms with Crippen LogP contribution in [0.5, 0.6) is 0 Å². The van der Waals surface area contributed by atoms with E-state index in [-0.39, 0.29) is 18.5 Å². The van der Waals surface area contributed by atoms with Gasteiger partial charge >= 0.3 is 18.1 Å². The van der Waals surface area contributed by atoms with Gasteiger partial charge < -0.3 is 14.1 Å². The van der Waals surface area contributed by atoms with Crippen molar-refractivity contribution in [2.75, 3.05) is 31.2 Å². The third-order valence-corrected chi connectivity index (χ3v) is 4.87. The number of morpholine rings is 1. The van der Waals surface area contributed by atoms with Crippen LogP contribution in [0, 0.1) is 6.92 Å². The molecule has 0 spiro atoms. The maximum Gasteiger partial charge on any atom is 0.470 e. The summed E-state index contributed by atoms with van der Waals surface area (Å²) in [5.74, 6) is -1.12. The van der Waals surface area contributed by atoms with Gasteiger partial charge in [0.2, 0.25) is 5.89 Å². The number of nitrogens with zero attached hydrogens (tertiary/aromatic N) is 5. The fourth-order valence-corrected chi connectivity index (χ4v) is 3.24. The van der Waals surface area contributed by atoms with Gasteiger partial charge in [-0.15, -0.1) is 10.2 Å². The van der Waals surface area contributed by atoms with Crippen LogP contribution in [0.3, 0.4) is 0 Å². The average molecular weight is 447 g/mol. The van der Waals surface area contributed by atoms with Gasteiger partial charge in [0.25, 0.3) is 0 Å². The molecule has 1 saturated heterocycles. The largest absolute Gasteiger partial charge is 0.470 e. The lowest BCUT2D eigenvalue weighted by Crippen LogP contribution is -2.48. The number of aromatic nitrogens is 3. The molecule has 11 heteroatoms. The number of carbonyl (C=O) groups excluding carboxylic acids is 1. The number of pyridine rings is 1. The number of aryl methyl sites for hydroxylation is 1. The molecule has 1 aromatic carbocycles. The minimum absolute atomic E-state index is 0.192. The quantitative estimate of drug-likeness (QED) is 0.603. The molecular weight excluding hydrogens is 427 g/mol. The minimum atomic E-state index is -4.70. The molecule has 168 valence electrons. The first-order chi connectivity index (χ1) is 15.3. The van der Waals surface area contributed by atoms with Crippen LogP contribution < -0.4 is 4.90 Å². The molecule has 1 fully saturated rings. The number of ether oxygens (including phenoxy) is 1. The predicted molar refractivity (Wildman–Crippen MR) is 108 cm³/mol. The van der Waals surface area contributed by atoms with E-state index >= 15 is 0 Å². The van der Waals surface area contributed by atoms with Crippen LogP contribution in [0.4, 0.5) is 23.8 Å². The number of hydrogen-bond donors (Lipinski definition) is 0. The number of alkyl halides is 3. The standard InChI is InChI=1S/C21H20F3N5O3/c1-14-3-2-4-17(25-14)29(20(30)28-9-11-31-12-10-28)13-15-5-7-16(8-6-15)18-26-27-19(32-18)21(22,23)24/h2-8H,9-13H2,1H3. The second-order valence-corrected chi connectivity index (χ2v) is 7.21. The first kappa shape index (κ1) is 21.8. The Balaban J connectivity index is 1.56. The van der Waals surface area contributed by atoms with Crippen molar-refractivity contribution in [1.29, 1.82) is 0 Å². The molecule has 3 heterocycles. The normalized spacial score (nSPS) is 14.4.